The van der Waals surface area contributed by atoms with Crippen LogP contribution in [-0.4, -0.2) is 37.0 Å². The van der Waals surface area contributed by atoms with Gasteiger partial charge in [-0.15, -0.1) is 0 Å². The third-order valence-electron chi connectivity index (χ3n) is 4.46. The molecule has 1 aromatic carbocycles. The van der Waals surface area contributed by atoms with E-state index in [1.165, 1.54) is 12.1 Å². The van der Waals surface area contributed by atoms with E-state index < -0.39 is 17.7 Å². The molecule has 23 heavy (non-hydrogen) atoms. The van der Waals surface area contributed by atoms with E-state index in [1.807, 2.05) is 7.05 Å². The fraction of sp³-hybridized carbons (Fsp3) is 0.588. The summed E-state index contributed by atoms with van der Waals surface area (Å²) in [6, 6.07) is 5.78. The van der Waals surface area contributed by atoms with Crippen molar-refractivity contribution >= 4 is 5.91 Å². The molecule has 0 aromatic heterocycles. The van der Waals surface area contributed by atoms with Gasteiger partial charge >= 0.3 is 6.18 Å². The van der Waals surface area contributed by atoms with Crippen LogP contribution in [-0.2, 0) is 11.0 Å². The lowest BCUT2D eigenvalue weighted by Gasteiger charge is -2.33. The van der Waals surface area contributed by atoms with Crippen molar-refractivity contribution in [1.29, 1.82) is 0 Å². The van der Waals surface area contributed by atoms with Crippen molar-refractivity contribution < 1.29 is 18.0 Å². The van der Waals surface area contributed by atoms with Crippen LogP contribution in [0.15, 0.2) is 24.3 Å². The SMILES string of the molecule is CN[C@@H]1CCCN(C(=O)C[C@H](C)c2ccccc2C(F)(F)F)C1. The normalized spacial score (nSPS) is 20.4. The third-order valence-corrected chi connectivity index (χ3v) is 4.46. The van der Waals surface area contributed by atoms with Gasteiger partial charge in [-0.1, -0.05) is 25.1 Å². The summed E-state index contributed by atoms with van der Waals surface area (Å²) in [5, 5.41) is 3.16. The van der Waals surface area contributed by atoms with Crippen molar-refractivity contribution in [2.75, 3.05) is 20.1 Å². The van der Waals surface area contributed by atoms with Crippen LogP contribution in [0.1, 0.15) is 43.2 Å². The fourth-order valence-electron chi connectivity index (χ4n) is 3.13. The lowest BCUT2D eigenvalue weighted by atomic mass is 9.92. The van der Waals surface area contributed by atoms with E-state index in [2.05, 4.69) is 5.32 Å². The van der Waals surface area contributed by atoms with Crippen molar-refractivity contribution in [3.05, 3.63) is 35.4 Å². The minimum atomic E-state index is -4.39. The minimum absolute atomic E-state index is 0.0746. The summed E-state index contributed by atoms with van der Waals surface area (Å²) in [5.74, 6) is -0.537. The van der Waals surface area contributed by atoms with Crippen molar-refractivity contribution in [1.82, 2.24) is 10.2 Å². The second kappa shape index (κ2) is 7.34. The predicted molar refractivity (Wildman–Crippen MR) is 83.1 cm³/mol. The number of halogens is 3. The Morgan fingerprint density at radius 3 is 2.74 bits per heavy atom. The van der Waals surface area contributed by atoms with Crippen LogP contribution in [0.25, 0.3) is 0 Å². The zero-order chi connectivity index (χ0) is 17.0. The van der Waals surface area contributed by atoms with Crippen LogP contribution in [0.5, 0.6) is 0 Å². The maximum atomic E-state index is 13.1. The standard InChI is InChI=1S/C17H23F3N2O/c1-12(14-7-3-4-8-15(14)17(18,19)20)10-16(23)22-9-5-6-13(11-22)21-2/h3-4,7-8,12-13,21H,5-6,9-11H2,1-2H3/t12-,13+/m0/s1. The number of hydrogen-bond acceptors (Lipinski definition) is 2. The Balaban J connectivity index is 2.07. The van der Waals surface area contributed by atoms with Gasteiger partial charge in [0.2, 0.25) is 5.91 Å². The van der Waals surface area contributed by atoms with Crippen molar-refractivity contribution in [3.8, 4) is 0 Å². The molecule has 1 aliphatic rings. The maximum Gasteiger partial charge on any atom is 0.416 e. The summed E-state index contributed by atoms with van der Waals surface area (Å²) in [7, 11) is 1.86. The fourth-order valence-corrected chi connectivity index (χ4v) is 3.13. The van der Waals surface area contributed by atoms with Crippen LogP contribution in [0.2, 0.25) is 0 Å². The van der Waals surface area contributed by atoms with E-state index in [0.717, 1.165) is 18.9 Å². The number of likely N-dealkylation sites (tertiary alicyclic amines) is 1. The van der Waals surface area contributed by atoms with Gasteiger partial charge < -0.3 is 10.2 Å². The number of alkyl halides is 3. The summed E-state index contributed by atoms with van der Waals surface area (Å²) in [4.78, 5) is 14.2. The van der Waals surface area contributed by atoms with Crippen LogP contribution in [0.4, 0.5) is 13.2 Å². The highest BCUT2D eigenvalue weighted by atomic mass is 19.4. The molecule has 0 unspecified atom stereocenters. The van der Waals surface area contributed by atoms with Crippen LogP contribution in [0.3, 0.4) is 0 Å². The molecule has 1 aromatic rings. The molecule has 0 spiro atoms. The van der Waals surface area contributed by atoms with Crippen molar-refractivity contribution in [2.24, 2.45) is 0 Å². The van der Waals surface area contributed by atoms with E-state index in [4.69, 9.17) is 0 Å². The molecule has 1 fully saturated rings. The first-order valence-electron chi connectivity index (χ1n) is 7.94. The van der Waals surface area contributed by atoms with Gasteiger partial charge in [0.1, 0.15) is 0 Å². The predicted octanol–water partition coefficient (Wildman–Crippen LogP) is 3.41. The molecule has 1 saturated heterocycles. The van der Waals surface area contributed by atoms with Crippen molar-refractivity contribution in [2.45, 2.75) is 44.3 Å². The van der Waals surface area contributed by atoms with Gasteiger partial charge in [0.15, 0.2) is 0 Å². The molecule has 1 amide bonds. The summed E-state index contributed by atoms with van der Waals surface area (Å²) >= 11 is 0. The maximum absolute atomic E-state index is 13.1. The topological polar surface area (TPSA) is 32.3 Å². The average Bonchev–Trinajstić information content (AvgIpc) is 2.54. The van der Waals surface area contributed by atoms with Gasteiger partial charge in [-0.2, -0.15) is 13.2 Å². The minimum Gasteiger partial charge on any atom is -0.341 e. The van der Waals surface area contributed by atoms with Crippen LogP contribution < -0.4 is 5.32 Å². The van der Waals surface area contributed by atoms with Gasteiger partial charge in [-0.05, 0) is 37.4 Å². The number of nitrogens with one attached hydrogen (secondary N) is 1. The lowest BCUT2D eigenvalue weighted by molar-refractivity contribution is -0.139. The number of hydrogen-bond donors (Lipinski definition) is 1. The number of nitrogens with zero attached hydrogens (tertiary/aromatic N) is 1. The number of rotatable bonds is 4. The average molecular weight is 328 g/mol. The Bertz CT molecular complexity index is 545. The Morgan fingerprint density at radius 1 is 1.39 bits per heavy atom. The zero-order valence-electron chi connectivity index (χ0n) is 13.5. The van der Waals surface area contributed by atoms with Crippen molar-refractivity contribution in [3.63, 3.8) is 0 Å². The monoisotopic (exact) mass is 328 g/mol. The first kappa shape index (κ1) is 17.8. The molecular weight excluding hydrogens is 305 g/mol. The molecule has 0 bridgehead atoms. The van der Waals surface area contributed by atoms with E-state index >= 15 is 0 Å². The van der Waals surface area contributed by atoms with Gasteiger partial charge in [-0.25, -0.2) is 0 Å². The molecule has 1 N–H and O–H groups in total. The Morgan fingerprint density at radius 2 is 2.09 bits per heavy atom. The van der Waals surface area contributed by atoms with E-state index in [1.54, 1.807) is 17.9 Å². The summed E-state index contributed by atoms with van der Waals surface area (Å²) in [6.45, 7) is 3.00. The molecule has 0 aliphatic carbocycles. The smallest absolute Gasteiger partial charge is 0.341 e. The molecule has 0 radical (unpaired) electrons. The number of piperidine rings is 1. The molecule has 1 heterocycles. The Labute approximate surface area is 134 Å². The molecule has 1 aliphatic heterocycles. The lowest BCUT2D eigenvalue weighted by Crippen LogP contribution is -2.47. The highest BCUT2D eigenvalue weighted by Gasteiger charge is 2.34. The molecule has 6 heteroatoms. The van der Waals surface area contributed by atoms with Gasteiger partial charge in [0.25, 0.3) is 0 Å². The quantitative estimate of drug-likeness (QED) is 0.919. The molecule has 128 valence electrons. The molecule has 2 rings (SSSR count). The summed E-state index contributed by atoms with van der Waals surface area (Å²) in [6.07, 6.45) is -2.35. The largest absolute Gasteiger partial charge is 0.416 e. The van der Waals surface area contributed by atoms with E-state index in [9.17, 15) is 18.0 Å². The van der Waals surface area contributed by atoms with E-state index in [-0.39, 0.29) is 23.9 Å². The number of amides is 1. The van der Waals surface area contributed by atoms with Gasteiger partial charge in [0.05, 0.1) is 5.56 Å². The number of benzene rings is 1. The third kappa shape index (κ3) is 4.47. The molecule has 2 atom stereocenters. The Hall–Kier alpha value is -1.56. The van der Waals surface area contributed by atoms with Crippen LogP contribution >= 0.6 is 0 Å². The number of carbonyl (C=O) groups is 1. The highest BCUT2D eigenvalue weighted by Crippen LogP contribution is 2.36. The zero-order valence-corrected chi connectivity index (χ0v) is 13.5. The molecule has 0 saturated carbocycles. The first-order chi connectivity index (χ1) is 10.8. The van der Waals surface area contributed by atoms with E-state index in [0.29, 0.717) is 13.1 Å². The summed E-state index contributed by atoms with van der Waals surface area (Å²) in [5.41, 5.74) is -0.456. The second-order valence-electron chi connectivity index (χ2n) is 6.16. The first-order valence-corrected chi connectivity index (χ1v) is 7.94. The summed E-state index contributed by atoms with van der Waals surface area (Å²) < 4.78 is 39.3. The molecule has 3 nitrogen and oxygen atoms in total. The van der Waals surface area contributed by atoms with Gasteiger partial charge in [0, 0.05) is 25.6 Å². The van der Waals surface area contributed by atoms with Crippen LogP contribution in [0, 0.1) is 0 Å². The number of carbonyl (C=O) groups excluding carboxylic acids is 1. The number of likely N-dealkylation sites (N-methyl/N-ethyl adjacent to an activating group) is 1. The highest BCUT2D eigenvalue weighted by molar-refractivity contribution is 5.77. The van der Waals surface area contributed by atoms with Gasteiger partial charge in [-0.3, -0.25) is 4.79 Å². The molecular formula is C17H23F3N2O. The Kier molecular flexibility index (Phi) is 5.68. The second-order valence-corrected chi connectivity index (χ2v) is 6.16.